The quantitative estimate of drug-likeness (QED) is 0.241. The van der Waals surface area contributed by atoms with E-state index in [-0.39, 0.29) is 24.7 Å². The lowest BCUT2D eigenvalue weighted by atomic mass is 9.52. The summed E-state index contributed by atoms with van der Waals surface area (Å²) in [6, 6.07) is 1.57. The Morgan fingerprint density at radius 1 is 1.21 bits per heavy atom. The Kier molecular flexibility index (Phi) is 8.26. The van der Waals surface area contributed by atoms with Gasteiger partial charge in [-0.05, 0) is 31.7 Å². The molecule has 4 fully saturated rings. The van der Waals surface area contributed by atoms with Gasteiger partial charge >= 0.3 is 17.9 Å². The molecule has 216 valence electrons. The number of carbonyl (C=O) groups is 4. The van der Waals surface area contributed by atoms with E-state index in [9.17, 15) is 24.3 Å². The summed E-state index contributed by atoms with van der Waals surface area (Å²) in [7, 11) is 1.26. The summed E-state index contributed by atoms with van der Waals surface area (Å²) in [6.07, 6.45) is -1.28. The molecule has 0 aromatic carbocycles. The van der Waals surface area contributed by atoms with Crippen LogP contribution in [0.1, 0.15) is 64.2 Å². The van der Waals surface area contributed by atoms with Crippen molar-refractivity contribution in [1.29, 1.82) is 0 Å². The zero-order valence-corrected chi connectivity index (χ0v) is 23.2. The Balaban J connectivity index is 0.00000172. The molecule has 1 spiro atoms. The predicted octanol–water partition coefficient (Wildman–Crippen LogP) is 2.47. The first-order chi connectivity index (χ1) is 18.6. The van der Waals surface area contributed by atoms with Crippen molar-refractivity contribution in [3.8, 4) is 0 Å². The molecule has 1 saturated carbocycles. The average molecular weight is 551 g/mol. The van der Waals surface area contributed by atoms with E-state index < -0.39 is 71.3 Å². The summed E-state index contributed by atoms with van der Waals surface area (Å²) >= 11 is 0. The molecule has 0 amide bonds. The standard InChI is InChI=1S/C26H32O11.C2H6/c1-12-19(17(28)9-18(29)35-12)21(36-13(2)27)22-25(3)15(11-34-22)5-6-16(20(30)14-7-8-33-10-14)26(25)23(37-26)24(31)32-4;1-2/h7-8,10,12,15-17,19,21-23,28H,5-6,9,11H2,1-4H3;1-2H3/t12-,15?,16-,17?,19?,21+,22+,23+,25?,26-;/m0./s1. The van der Waals surface area contributed by atoms with Crippen LogP contribution in [0, 0.1) is 23.2 Å². The van der Waals surface area contributed by atoms with Crippen LogP contribution in [0.2, 0.25) is 0 Å². The minimum Gasteiger partial charge on any atom is -0.472 e. The third-order valence-corrected chi connectivity index (χ3v) is 8.92. The monoisotopic (exact) mass is 550 g/mol. The number of hydrogen-bond donors (Lipinski definition) is 1. The van der Waals surface area contributed by atoms with Crippen molar-refractivity contribution in [1.82, 2.24) is 0 Å². The number of aliphatic hydroxyl groups is 1. The second-order valence-electron chi connectivity index (χ2n) is 10.7. The van der Waals surface area contributed by atoms with Gasteiger partial charge in [-0.3, -0.25) is 14.4 Å². The van der Waals surface area contributed by atoms with E-state index in [1.807, 2.05) is 20.8 Å². The summed E-state index contributed by atoms with van der Waals surface area (Å²) in [4.78, 5) is 50.7. The van der Waals surface area contributed by atoms with Crippen molar-refractivity contribution in [2.75, 3.05) is 13.7 Å². The fourth-order valence-electron chi connectivity index (χ4n) is 7.19. The van der Waals surface area contributed by atoms with Gasteiger partial charge in [-0.25, -0.2) is 4.79 Å². The first kappa shape index (κ1) is 29.2. The zero-order valence-electron chi connectivity index (χ0n) is 23.2. The van der Waals surface area contributed by atoms with Crippen LogP contribution >= 0.6 is 0 Å². The highest BCUT2D eigenvalue weighted by Gasteiger charge is 2.82. The van der Waals surface area contributed by atoms with Gasteiger partial charge in [-0.2, -0.15) is 0 Å². The minimum absolute atomic E-state index is 0.141. The molecule has 3 aliphatic heterocycles. The van der Waals surface area contributed by atoms with Gasteiger partial charge in [0.1, 0.15) is 30.2 Å². The lowest BCUT2D eigenvalue weighted by Crippen LogP contribution is -2.63. The Morgan fingerprint density at radius 2 is 1.92 bits per heavy atom. The second kappa shape index (κ2) is 11.0. The molecule has 1 N–H and O–H groups in total. The summed E-state index contributed by atoms with van der Waals surface area (Å²) in [5.74, 6) is -3.64. The Morgan fingerprint density at radius 3 is 2.51 bits per heavy atom. The number of methoxy groups -OCH3 is 1. The third kappa shape index (κ3) is 4.58. The molecule has 5 rings (SSSR count). The van der Waals surface area contributed by atoms with Gasteiger partial charge in [-0.1, -0.05) is 20.8 Å². The fourth-order valence-corrected chi connectivity index (χ4v) is 7.19. The molecule has 39 heavy (non-hydrogen) atoms. The molecule has 4 unspecified atom stereocenters. The summed E-state index contributed by atoms with van der Waals surface area (Å²) in [5.41, 5.74) is -1.92. The number of ether oxygens (including phenoxy) is 5. The van der Waals surface area contributed by atoms with Crippen LogP contribution in [0.4, 0.5) is 0 Å². The van der Waals surface area contributed by atoms with Crippen LogP contribution < -0.4 is 0 Å². The molecule has 0 bridgehead atoms. The number of epoxide rings is 1. The van der Waals surface area contributed by atoms with E-state index >= 15 is 0 Å². The Labute approximate surface area is 227 Å². The van der Waals surface area contributed by atoms with Gasteiger partial charge in [0.05, 0.1) is 49.9 Å². The highest BCUT2D eigenvalue weighted by atomic mass is 16.7. The molecule has 1 aliphatic carbocycles. The SMILES string of the molecule is CC.COC(=O)[C@H]1O[C@@]12[C@H](C(=O)c1ccoc1)CCC1CO[C@H]([C@H](OC(C)=O)C3C(O)CC(=O)O[C@H]3C)C12C. The van der Waals surface area contributed by atoms with Crippen molar-refractivity contribution < 1.29 is 52.4 Å². The topological polar surface area (TPSA) is 151 Å². The van der Waals surface area contributed by atoms with Crippen LogP contribution in [0.25, 0.3) is 0 Å². The molecule has 1 aromatic rings. The molecular formula is C28H38O11. The summed E-state index contributed by atoms with van der Waals surface area (Å²) < 4.78 is 33.8. The predicted molar refractivity (Wildman–Crippen MR) is 133 cm³/mol. The van der Waals surface area contributed by atoms with Crippen LogP contribution in [0.15, 0.2) is 23.0 Å². The van der Waals surface area contributed by atoms with Gasteiger partial charge in [0.2, 0.25) is 0 Å². The number of cyclic esters (lactones) is 1. The van der Waals surface area contributed by atoms with Gasteiger partial charge in [0.25, 0.3) is 0 Å². The highest BCUT2D eigenvalue weighted by molar-refractivity contribution is 6.00. The largest absolute Gasteiger partial charge is 0.472 e. The van der Waals surface area contributed by atoms with E-state index in [0.29, 0.717) is 18.4 Å². The number of ketones is 1. The maximum atomic E-state index is 13.7. The maximum Gasteiger partial charge on any atom is 0.338 e. The first-order valence-corrected chi connectivity index (χ1v) is 13.5. The van der Waals surface area contributed by atoms with E-state index in [1.165, 1.54) is 26.6 Å². The van der Waals surface area contributed by atoms with Crippen LogP contribution in [-0.4, -0.2) is 78.6 Å². The molecule has 4 heterocycles. The lowest BCUT2D eigenvalue weighted by molar-refractivity contribution is -0.200. The van der Waals surface area contributed by atoms with Crippen molar-refractivity contribution in [3.05, 3.63) is 24.2 Å². The average Bonchev–Trinajstić information content (AvgIpc) is 3.22. The zero-order chi connectivity index (χ0) is 28.7. The third-order valence-electron chi connectivity index (χ3n) is 8.92. The molecule has 4 aliphatic rings. The minimum atomic E-state index is -1.30. The maximum absolute atomic E-state index is 13.7. The van der Waals surface area contributed by atoms with Gasteiger partial charge in [0, 0.05) is 12.3 Å². The molecule has 11 heteroatoms. The van der Waals surface area contributed by atoms with Gasteiger partial charge in [0.15, 0.2) is 11.9 Å². The van der Waals surface area contributed by atoms with Crippen molar-refractivity contribution in [2.24, 2.45) is 23.2 Å². The summed E-state index contributed by atoms with van der Waals surface area (Å²) in [6.45, 7) is 9.04. The van der Waals surface area contributed by atoms with E-state index in [2.05, 4.69) is 0 Å². The normalized spacial score (nSPS) is 39.5. The number of rotatable bonds is 6. The second-order valence-corrected chi connectivity index (χ2v) is 10.7. The van der Waals surface area contributed by atoms with Crippen molar-refractivity contribution in [2.45, 2.75) is 90.0 Å². The first-order valence-electron chi connectivity index (χ1n) is 13.5. The van der Waals surface area contributed by atoms with Gasteiger partial charge < -0.3 is 33.2 Å². The molecule has 0 radical (unpaired) electrons. The number of carbonyl (C=O) groups excluding carboxylic acids is 4. The number of Topliss-reactive ketones (excluding diaryl/α,β-unsaturated/α-hetero) is 1. The van der Waals surface area contributed by atoms with Crippen LogP contribution in [-0.2, 0) is 38.1 Å². The summed E-state index contributed by atoms with van der Waals surface area (Å²) in [5, 5.41) is 10.9. The fraction of sp³-hybridized carbons (Fsp3) is 0.714. The Hall–Kier alpha value is -2.76. The number of furan rings is 1. The molecular weight excluding hydrogens is 512 g/mol. The molecule has 1 aromatic heterocycles. The van der Waals surface area contributed by atoms with E-state index in [1.54, 1.807) is 13.0 Å². The lowest BCUT2D eigenvalue weighted by Gasteiger charge is -2.50. The number of fused-ring (bicyclic) bond motifs is 2. The van der Waals surface area contributed by atoms with Gasteiger partial charge in [-0.15, -0.1) is 0 Å². The van der Waals surface area contributed by atoms with E-state index in [4.69, 9.17) is 28.1 Å². The molecule has 11 nitrogen and oxygen atoms in total. The van der Waals surface area contributed by atoms with Crippen molar-refractivity contribution >= 4 is 23.7 Å². The molecule has 3 saturated heterocycles. The molecule has 10 atom stereocenters. The number of hydrogen-bond acceptors (Lipinski definition) is 11. The number of esters is 3. The van der Waals surface area contributed by atoms with E-state index in [0.717, 1.165) is 0 Å². The highest BCUT2D eigenvalue weighted by Crippen LogP contribution is 2.68. The Bertz CT molecular complexity index is 1070. The van der Waals surface area contributed by atoms with Crippen molar-refractivity contribution in [3.63, 3.8) is 0 Å². The number of aliphatic hydroxyl groups excluding tert-OH is 1. The van der Waals surface area contributed by atoms with Crippen LogP contribution in [0.3, 0.4) is 0 Å². The smallest absolute Gasteiger partial charge is 0.338 e. The van der Waals surface area contributed by atoms with Crippen LogP contribution in [0.5, 0.6) is 0 Å².